The standard InChI is InChI=1S/C18H16ClNO3S/c1-2-22-16(21)11-18(12-6-4-3-5-7-12)14-10-13(19)8-9-15(14)20-17(24)23-18/h3-10H,2,11H2,1H3,(H,20,24). The van der Waals surface area contributed by atoms with Gasteiger partial charge in [-0.3, -0.25) is 4.79 Å². The highest BCUT2D eigenvalue weighted by Gasteiger charge is 2.45. The Morgan fingerprint density at radius 1 is 1.29 bits per heavy atom. The lowest BCUT2D eigenvalue weighted by Crippen LogP contribution is -2.42. The molecule has 0 saturated heterocycles. The molecular weight excluding hydrogens is 346 g/mol. The van der Waals surface area contributed by atoms with Gasteiger partial charge in [0.05, 0.1) is 13.0 Å². The van der Waals surface area contributed by atoms with Gasteiger partial charge in [0, 0.05) is 21.8 Å². The fourth-order valence-electron chi connectivity index (χ4n) is 2.88. The maximum Gasteiger partial charge on any atom is 0.310 e. The third-order valence-electron chi connectivity index (χ3n) is 3.86. The van der Waals surface area contributed by atoms with Crippen molar-refractivity contribution in [1.29, 1.82) is 0 Å². The number of nitrogens with one attached hydrogen (secondary N) is 1. The van der Waals surface area contributed by atoms with E-state index in [0.29, 0.717) is 11.6 Å². The summed E-state index contributed by atoms with van der Waals surface area (Å²) in [5.74, 6) is -0.364. The van der Waals surface area contributed by atoms with Crippen LogP contribution < -0.4 is 5.32 Å². The van der Waals surface area contributed by atoms with Gasteiger partial charge in [0.2, 0.25) is 0 Å². The van der Waals surface area contributed by atoms with Crippen LogP contribution in [0.5, 0.6) is 0 Å². The molecule has 3 rings (SSSR count). The zero-order valence-electron chi connectivity index (χ0n) is 13.0. The van der Waals surface area contributed by atoms with Gasteiger partial charge in [-0.05, 0) is 37.3 Å². The van der Waals surface area contributed by atoms with E-state index in [4.69, 9.17) is 33.3 Å². The zero-order valence-corrected chi connectivity index (χ0v) is 14.6. The molecule has 0 fully saturated rings. The van der Waals surface area contributed by atoms with Crippen LogP contribution in [-0.4, -0.2) is 17.8 Å². The third kappa shape index (κ3) is 3.09. The van der Waals surface area contributed by atoms with Gasteiger partial charge in [-0.2, -0.15) is 0 Å². The van der Waals surface area contributed by atoms with Crippen molar-refractivity contribution < 1.29 is 14.3 Å². The number of rotatable bonds is 4. The summed E-state index contributed by atoms with van der Waals surface area (Å²) in [6.45, 7) is 2.07. The summed E-state index contributed by atoms with van der Waals surface area (Å²) in [5, 5.41) is 3.77. The van der Waals surface area contributed by atoms with E-state index in [1.54, 1.807) is 19.1 Å². The molecule has 0 aromatic heterocycles. The molecule has 0 saturated carbocycles. The van der Waals surface area contributed by atoms with Crippen LogP contribution in [0.3, 0.4) is 0 Å². The molecule has 1 aliphatic rings. The predicted molar refractivity (Wildman–Crippen MR) is 97.2 cm³/mol. The van der Waals surface area contributed by atoms with E-state index in [-0.39, 0.29) is 17.6 Å². The van der Waals surface area contributed by atoms with Crippen LogP contribution in [0.25, 0.3) is 0 Å². The number of fused-ring (bicyclic) bond motifs is 1. The first-order chi connectivity index (χ1) is 11.5. The van der Waals surface area contributed by atoms with Crippen molar-refractivity contribution in [3.05, 3.63) is 64.7 Å². The Labute approximate surface area is 150 Å². The molecule has 1 N–H and O–H groups in total. The fourth-order valence-corrected chi connectivity index (χ4v) is 3.30. The number of hydrogen-bond donors (Lipinski definition) is 1. The van der Waals surface area contributed by atoms with E-state index in [1.165, 1.54) is 0 Å². The van der Waals surface area contributed by atoms with Crippen LogP contribution in [-0.2, 0) is 19.9 Å². The molecule has 0 amide bonds. The first kappa shape index (κ1) is 16.7. The van der Waals surface area contributed by atoms with Gasteiger partial charge in [-0.15, -0.1) is 0 Å². The number of benzene rings is 2. The van der Waals surface area contributed by atoms with Crippen LogP contribution in [0.1, 0.15) is 24.5 Å². The summed E-state index contributed by atoms with van der Waals surface area (Å²) in [6, 6.07) is 14.9. The van der Waals surface area contributed by atoms with E-state index in [1.807, 2.05) is 36.4 Å². The smallest absolute Gasteiger partial charge is 0.310 e. The molecule has 1 unspecified atom stereocenters. The molecule has 24 heavy (non-hydrogen) atoms. The van der Waals surface area contributed by atoms with Gasteiger partial charge in [0.25, 0.3) is 5.17 Å². The second kappa shape index (κ2) is 6.79. The highest BCUT2D eigenvalue weighted by Crippen LogP contribution is 2.45. The molecule has 1 heterocycles. The van der Waals surface area contributed by atoms with E-state index >= 15 is 0 Å². The molecule has 1 aliphatic heterocycles. The Balaban J connectivity index is 2.20. The third-order valence-corrected chi connectivity index (χ3v) is 4.28. The maximum atomic E-state index is 12.3. The minimum absolute atomic E-state index is 0.0000154. The quantitative estimate of drug-likeness (QED) is 0.651. The van der Waals surface area contributed by atoms with E-state index in [2.05, 4.69) is 5.32 Å². The normalized spacial score (nSPS) is 19.0. The minimum Gasteiger partial charge on any atom is -0.466 e. The van der Waals surface area contributed by atoms with Gasteiger partial charge in [0.15, 0.2) is 5.60 Å². The number of carbonyl (C=O) groups is 1. The Morgan fingerprint density at radius 2 is 2.04 bits per heavy atom. The summed E-state index contributed by atoms with van der Waals surface area (Å²) >= 11 is 11.5. The molecule has 0 aliphatic carbocycles. The maximum absolute atomic E-state index is 12.3. The molecule has 2 aromatic carbocycles. The number of carbonyl (C=O) groups excluding carboxylic acids is 1. The number of halogens is 1. The van der Waals surface area contributed by atoms with Crippen molar-refractivity contribution >= 4 is 40.7 Å². The number of esters is 1. The minimum atomic E-state index is -1.07. The van der Waals surface area contributed by atoms with Crippen molar-refractivity contribution in [1.82, 2.24) is 0 Å². The highest BCUT2D eigenvalue weighted by molar-refractivity contribution is 7.80. The number of thiocarbonyl (C=S) groups is 1. The van der Waals surface area contributed by atoms with Crippen LogP contribution in [0.15, 0.2) is 48.5 Å². The van der Waals surface area contributed by atoms with Crippen molar-refractivity contribution in [2.45, 2.75) is 18.9 Å². The van der Waals surface area contributed by atoms with Gasteiger partial charge in [-0.1, -0.05) is 41.9 Å². The molecule has 0 bridgehead atoms. The largest absolute Gasteiger partial charge is 0.466 e. The molecule has 0 spiro atoms. The SMILES string of the molecule is CCOC(=O)CC1(c2ccccc2)OC(=S)Nc2ccc(Cl)cc21. The van der Waals surface area contributed by atoms with Crippen molar-refractivity contribution in [2.24, 2.45) is 0 Å². The Morgan fingerprint density at radius 3 is 2.75 bits per heavy atom. The van der Waals surface area contributed by atoms with E-state index in [9.17, 15) is 4.79 Å². The fraction of sp³-hybridized carbons (Fsp3) is 0.222. The molecule has 4 nitrogen and oxygen atoms in total. The Bertz CT molecular complexity index is 781. The molecule has 1 atom stereocenters. The van der Waals surface area contributed by atoms with Gasteiger partial charge >= 0.3 is 5.97 Å². The second-order valence-electron chi connectivity index (χ2n) is 5.38. The highest BCUT2D eigenvalue weighted by atomic mass is 35.5. The summed E-state index contributed by atoms with van der Waals surface area (Å²) < 4.78 is 11.2. The van der Waals surface area contributed by atoms with Crippen molar-refractivity contribution in [3.8, 4) is 0 Å². The van der Waals surface area contributed by atoms with Gasteiger partial charge in [0.1, 0.15) is 0 Å². The molecule has 2 aromatic rings. The number of hydrogen-bond acceptors (Lipinski definition) is 4. The summed E-state index contributed by atoms with van der Waals surface area (Å²) in [7, 11) is 0. The second-order valence-corrected chi connectivity index (χ2v) is 6.19. The van der Waals surface area contributed by atoms with Gasteiger partial charge in [-0.25, -0.2) is 0 Å². The summed E-state index contributed by atoms with van der Waals surface area (Å²) in [4.78, 5) is 12.3. The number of ether oxygens (including phenoxy) is 2. The van der Waals surface area contributed by atoms with Gasteiger partial charge < -0.3 is 14.8 Å². The van der Waals surface area contributed by atoms with Crippen LogP contribution in [0, 0.1) is 0 Å². The monoisotopic (exact) mass is 361 g/mol. The zero-order chi connectivity index (χ0) is 17.2. The lowest BCUT2D eigenvalue weighted by molar-refractivity contribution is -0.147. The average Bonchev–Trinajstić information content (AvgIpc) is 2.56. The van der Waals surface area contributed by atoms with E-state index < -0.39 is 5.60 Å². The number of anilines is 1. The lowest BCUT2D eigenvalue weighted by atomic mass is 9.81. The first-order valence-corrected chi connectivity index (χ1v) is 8.35. The Kier molecular flexibility index (Phi) is 4.73. The lowest BCUT2D eigenvalue weighted by Gasteiger charge is -2.39. The van der Waals surface area contributed by atoms with E-state index in [0.717, 1.165) is 16.8 Å². The van der Waals surface area contributed by atoms with Crippen molar-refractivity contribution in [3.63, 3.8) is 0 Å². The average molecular weight is 362 g/mol. The first-order valence-electron chi connectivity index (χ1n) is 7.56. The predicted octanol–water partition coefficient (Wildman–Crippen LogP) is 4.26. The topological polar surface area (TPSA) is 47.6 Å². The molecular formula is C18H16ClNO3S. The summed E-state index contributed by atoms with van der Waals surface area (Å²) in [6.07, 6.45) is 0.0000154. The van der Waals surface area contributed by atoms with Crippen LogP contribution >= 0.6 is 23.8 Å². The molecule has 124 valence electrons. The van der Waals surface area contributed by atoms with Crippen LogP contribution in [0.2, 0.25) is 5.02 Å². The van der Waals surface area contributed by atoms with Crippen LogP contribution in [0.4, 0.5) is 5.69 Å². The summed E-state index contributed by atoms with van der Waals surface area (Å²) in [5.41, 5.74) is 1.26. The Hall–Kier alpha value is -2.11. The molecule has 0 radical (unpaired) electrons. The molecule has 6 heteroatoms. The van der Waals surface area contributed by atoms with Crippen molar-refractivity contribution in [2.75, 3.05) is 11.9 Å².